The number of hydrogen-bond donors (Lipinski definition) is 1. The van der Waals surface area contributed by atoms with Crippen LogP contribution in [0, 0.1) is 17.6 Å². The number of likely N-dealkylation sites (tertiary alicyclic amines) is 1. The fourth-order valence-corrected chi connectivity index (χ4v) is 5.33. The third-order valence-corrected chi connectivity index (χ3v) is 7.52. The Balaban J connectivity index is 0.00000380. The molecule has 1 fully saturated rings. The zero-order valence-corrected chi connectivity index (χ0v) is 22.8. The van der Waals surface area contributed by atoms with E-state index in [1.807, 2.05) is 6.07 Å². The van der Waals surface area contributed by atoms with Crippen LogP contribution in [-0.2, 0) is 6.42 Å². The van der Waals surface area contributed by atoms with Gasteiger partial charge in [-0.1, -0.05) is 59.6 Å². The number of benzene rings is 3. The van der Waals surface area contributed by atoms with Crippen molar-refractivity contribution in [3.05, 3.63) is 105 Å². The Labute approximate surface area is 233 Å². The van der Waals surface area contributed by atoms with E-state index in [2.05, 4.69) is 34.5 Å². The van der Waals surface area contributed by atoms with E-state index in [0.29, 0.717) is 28.5 Å². The van der Waals surface area contributed by atoms with Crippen molar-refractivity contribution in [1.82, 2.24) is 10.2 Å². The average molecular weight is 568 g/mol. The summed E-state index contributed by atoms with van der Waals surface area (Å²) in [7, 11) is 0. The van der Waals surface area contributed by atoms with Gasteiger partial charge >= 0.3 is 0 Å². The summed E-state index contributed by atoms with van der Waals surface area (Å²) in [6.45, 7) is 3.12. The van der Waals surface area contributed by atoms with Gasteiger partial charge in [-0.05, 0) is 92.7 Å². The van der Waals surface area contributed by atoms with Crippen molar-refractivity contribution in [3.63, 3.8) is 0 Å². The first-order chi connectivity index (χ1) is 17.4. The SMILES string of the molecule is Cl.O=C(NCC(CCN1CCC(Cc2ccccc2)CC1)c1ccc(F)c(F)c1)c1ccc(Cl)cc1Cl. The molecule has 1 N–H and O–H groups in total. The van der Waals surface area contributed by atoms with Crippen LogP contribution in [0.1, 0.15) is 46.7 Å². The lowest BCUT2D eigenvalue weighted by molar-refractivity contribution is 0.0949. The summed E-state index contributed by atoms with van der Waals surface area (Å²) in [5.41, 5.74) is 2.37. The van der Waals surface area contributed by atoms with Gasteiger partial charge in [-0.2, -0.15) is 0 Å². The first-order valence-electron chi connectivity index (χ1n) is 12.3. The zero-order chi connectivity index (χ0) is 25.5. The number of halogens is 5. The van der Waals surface area contributed by atoms with Crippen LogP contribution in [0.5, 0.6) is 0 Å². The second kappa shape index (κ2) is 14.1. The van der Waals surface area contributed by atoms with E-state index >= 15 is 0 Å². The molecule has 0 saturated carbocycles. The Hall–Kier alpha value is -2.18. The van der Waals surface area contributed by atoms with Gasteiger partial charge in [-0.25, -0.2) is 8.78 Å². The first-order valence-corrected chi connectivity index (χ1v) is 13.1. The third kappa shape index (κ3) is 8.41. The summed E-state index contributed by atoms with van der Waals surface area (Å²) in [6, 6.07) is 19.3. The molecule has 8 heteroatoms. The zero-order valence-electron chi connectivity index (χ0n) is 20.4. The molecule has 0 aromatic heterocycles. The van der Waals surface area contributed by atoms with Crippen LogP contribution in [-0.4, -0.2) is 37.0 Å². The molecule has 0 radical (unpaired) electrons. The van der Waals surface area contributed by atoms with Crippen molar-refractivity contribution in [2.75, 3.05) is 26.2 Å². The highest BCUT2D eigenvalue weighted by atomic mass is 35.5. The van der Waals surface area contributed by atoms with Crippen LogP contribution >= 0.6 is 35.6 Å². The molecule has 3 aromatic rings. The molecule has 198 valence electrons. The van der Waals surface area contributed by atoms with Crippen LogP contribution in [0.2, 0.25) is 10.0 Å². The quantitative estimate of drug-likeness (QED) is 0.289. The summed E-state index contributed by atoms with van der Waals surface area (Å²) < 4.78 is 27.6. The molecule has 0 aliphatic carbocycles. The van der Waals surface area contributed by atoms with Gasteiger partial charge in [0.2, 0.25) is 0 Å². The predicted octanol–water partition coefficient (Wildman–Crippen LogP) is 7.55. The average Bonchev–Trinajstić information content (AvgIpc) is 2.87. The number of piperidine rings is 1. The molecule has 1 saturated heterocycles. The van der Waals surface area contributed by atoms with Crippen molar-refractivity contribution in [2.24, 2.45) is 5.92 Å². The summed E-state index contributed by atoms with van der Waals surface area (Å²) in [5.74, 6) is -1.58. The minimum atomic E-state index is -0.883. The largest absolute Gasteiger partial charge is 0.351 e. The van der Waals surface area contributed by atoms with E-state index in [-0.39, 0.29) is 35.8 Å². The van der Waals surface area contributed by atoms with Gasteiger partial charge in [0.1, 0.15) is 0 Å². The lowest BCUT2D eigenvalue weighted by Crippen LogP contribution is -2.36. The number of carbonyl (C=O) groups is 1. The highest BCUT2D eigenvalue weighted by molar-refractivity contribution is 6.36. The Morgan fingerprint density at radius 2 is 1.70 bits per heavy atom. The van der Waals surface area contributed by atoms with E-state index in [1.54, 1.807) is 18.2 Å². The number of hydrogen-bond acceptors (Lipinski definition) is 2. The standard InChI is InChI=1S/C29H30Cl2F2N2O.ClH/c30-24-7-8-25(26(31)18-24)29(36)34-19-23(22-6-9-27(32)28(33)17-22)12-15-35-13-10-21(11-14-35)16-20-4-2-1-3-5-20;/h1-9,17-18,21,23H,10-16,19H2,(H,34,36);1H. The maximum Gasteiger partial charge on any atom is 0.252 e. The number of carbonyl (C=O) groups excluding carboxylic acids is 1. The topological polar surface area (TPSA) is 32.3 Å². The van der Waals surface area contributed by atoms with E-state index in [1.165, 1.54) is 17.7 Å². The van der Waals surface area contributed by atoms with Gasteiger partial charge in [0, 0.05) is 17.5 Å². The molecule has 37 heavy (non-hydrogen) atoms. The molecule has 0 bridgehead atoms. The predicted molar refractivity (Wildman–Crippen MR) is 149 cm³/mol. The molecule has 1 heterocycles. The van der Waals surface area contributed by atoms with Crippen molar-refractivity contribution < 1.29 is 13.6 Å². The molecule has 1 unspecified atom stereocenters. The molecule has 1 aliphatic heterocycles. The molecule has 1 aliphatic rings. The fourth-order valence-electron chi connectivity index (χ4n) is 4.84. The normalized spacial score (nSPS) is 15.1. The Morgan fingerprint density at radius 1 is 0.973 bits per heavy atom. The monoisotopic (exact) mass is 566 g/mol. The summed E-state index contributed by atoms with van der Waals surface area (Å²) in [4.78, 5) is 15.2. The maximum absolute atomic E-state index is 14.0. The van der Waals surface area contributed by atoms with Crippen LogP contribution < -0.4 is 5.32 Å². The van der Waals surface area contributed by atoms with Crippen molar-refractivity contribution in [3.8, 4) is 0 Å². The minimum Gasteiger partial charge on any atom is -0.351 e. The molecule has 3 nitrogen and oxygen atoms in total. The first kappa shape index (κ1) is 29.4. The highest BCUT2D eigenvalue weighted by Crippen LogP contribution is 2.26. The van der Waals surface area contributed by atoms with Crippen molar-refractivity contribution in [1.29, 1.82) is 0 Å². The van der Waals surface area contributed by atoms with Gasteiger partial charge in [0.15, 0.2) is 11.6 Å². The summed E-state index contributed by atoms with van der Waals surface area (Å²) >= 11 is 12.1. The van der Waals surface area contributed by atoms with E-state index in [9.17, 15) is 13.6 Å². The lowest BCUT2D eigenvalue weighted by Gasteiger charge is -2.33. The Kier molecular flexibility index (Phi) is 11.2. The summed E-state index contributed by atoms with van der Waals surface area (Å²) in [5, 5.41) is 3.63. The van der Waals surface area contributed by atoms with E-state index < -0.39 is 11.6 Å². The smallest absolute Gasteiger partial charge is 0.252 e. The van der Waals surface area contributed by atoms with E-state index in [0.717, 1.165) is 45.0 Å². The lowest BCUT2D eigenvalue weighted by atomic mass is 9.89. The number of amides is 1. The highest BCUT2D eigenvalue weighted by Gasteiger charge is 2.22. The van der Waals surface area contributed by atoms with Crippen LogP contribution in [0.25, 0.3) is 0 Å². The van der Waals surface area contributed by atoms with Crippen LogP contribution in [0.4, 0.5) is 8.78 Å². The fraction of sp³-hybridized carbons (Fsp3) is 0.345. The molecule has 1 amide bonds. The second-order valence-electron chi connectivity index (χ2n) is 9.47. The van der Waals surface area contributed by atoms with Gasteiger partial charge in [0.25, 0.3) is 5.91 Å². The Bertz CT molecular complexity index is 1170. The molecular formula is C29H31Cl3F2N2O. The number of nitrogens with one attached hydrogen (secondary N) is 1. The Morgan fingerprint density at radius 3 is 2.38 bits per heavy atom. The van der Waals surface area contributed by atoms with Gasteiger partial charge in [-0.15, -0.1) is 12.4 Å². The molecule has 3 aromatic carbocycles. The van der Waals surface area contributed by atoms with Crippen LogP contribution in [0.15, 0.2) is 66.7 Å². The maximum atomic E-state index is 14.0. The third-order valence-electron chi connectivity index (χ3n) is 6.97. The number of nitrogens with zero attached hydrogens (tertiary/aromatic N) is 1. The molecular weight excluding hydrogens is 537 g/mol. The summed E-state index contributed by atoms with van der Waals surface area (Å²) in [6.07, 6.45) is 4.08. The molecule has 1 atom stereocenters. The van der Waals surface area contributed by atoms with Gasteiger partial charge < -0.3 is 10.2 Å². The molecule has 0 spiro atoms. The molecule has 4 rings (SSSR count). The van der Waals surface area contributed by atoms with Crippen LogP contribution in [0.3, 0.4) is 0 Å². The van der Waals surface area contributed by atoms with Crippen molar-refractivity contribution >= 4 is 41.5 Å². The van der Waals surface area contributed by atoms with Gasteiger partial charge in [0.05, 0.1) is 10.6 Å². The minimum absolute atomic E-state index is 0. The van der Waals surface area contributed by atoms with Gasteiger partial charge in [-0.3, -0.25) is 4.79 Å². The van der Waals surface area contributed by atoms with E-state index in [4.69, 9.17) is 23.2 Å². The van der Waals surface area contributed by atoms with Crippen molar-refractivity contribution in [2.45, 2.75) is 31.6 Å². The number of rotatable bonds is 9. The second-order valence-corrected chi connectivity index (χ2v) is 10.3.